The molecule has 0 radical (unpaired) electrons. The SMILES string of the molecule is CC1(C)c2ccccc2N2c3cccc(c3)-c3cccc(n3)Sc3cccc(n3)-c3ccc1c2c3. The molecular formula is C31H23N3S. The first kappa shape index (κ1) is 20.5. The van der Waals surface area contributed by atoms with Crippen LogP contribution in [0, 0.1) is 0 Å². The third kappa shape index (κ3) is 3.21. The lowest BCUT2D eigenvalue weighted by molar-refractivity contribution is 0.632. The van der Waals surface area contributed by atoms with Crippen LogP contribution in [0.2, 0.25) is 0 Å². The normalized spacial score (nSPS) is 14.6. The molecule has 3 nitrogen and oxygen atoms in total. The molecule has 0 saturated heterocycles. The van der Waals surface area contributed by atoms with Gasteiger partial charge in [0.1, 0.15) is 10.1 Å². The fourth-order valence-electron chi connectivity index (χ4n) is 5.33. The first-order chi connectivity index (χ1) is 17.1. The van der Waals surface area contributed by atoms with Crippen molar-refractivity contribution in [1.82, 2.24) is 9.97 Å². The molecule has 8 bridgehead atoms. The average Bonchev–Trinajstić information content (AvgIpc) is 2.89. The summed E-state index contributed by atoms with van der Waals surface area (Å²) in [5, 5.41) is 1.88. The summed E-state index contributed by atoms with van der Waals surface area (Å²) in [6.07, 6.45) is 0. The third-order valence-corrected chi connectivity index (χ3v) is 7.96. The molecule has 0 fully saturated rings. The quantitative estimate of drug-likeness (QED) is 0.223. The molecule has 2 aliphatic heterocycles. The highest BCUT2D eigenvalue weighted by molar-refractivity contribution is 7.99. The third-order valence-electron chi connectivity index (χ3n) is 7.08. The van der Waals surface area contributed by atoms with Gasteiger partial charge in [-0.3, -0.25) is 0 Å². The van der Waals surface area contributed by atoms with Crippen molar-refractivity contribution in [2.75, 3.05) is 4.90 Å². The molecule has 0 atom stereocenters. The second-order valence-corrected chi connectivity index (χ2v) is 10.6. The topological polar surface area (TPSA) is 29.0 Å². The molecule has 4 heterocycles. The Labute approximate surface area is 209 Å². The smallest absolute Gasteiger partial charge is 0.103 e. The molecular weight excluding hydrogens is 446 g/mol. The van der Waals surface area contributed by atoms with E-state index in [1.54, 1.807) is 11.8 Å². The number of nitrogens with zero attached hydrogens (tertiary/aromatic N) is 3. The van der Waals surface area contributed by atoms with Crippen LogP contribution in [-0.2, 0) is 5.41 Å². The largest absolute Gasteiger partial charge is 0.310 e. The van der Waals surface area contributed by atoms with Gasteiger partial charge in [-0.1, -0.05) is 80.2 Å². The molecule has 4 heteroatoms. The standard InChI is InChI=1S/C31H23N3S/c1-31(2)23-10-3-4-13-27(23)34-22-9-5-8-20(18-22)25-11-6-14-29(32-25)35-30-15-7-12-26(33-30)21-16-17-24(31)28(34)19-21/h3-19H,1-2H3. The predicted octanol–water partition coefficient (Wildman–Crippen LogP) is 8.38. The molecule has 35 heavy (non-hydrogen) atoms. The Balaban J connectivity index is 1.58. The fourth-order valence-corrected chi connectivity index (χ4v) is 6.13. The predicted molar refractivity (Wildman–Crippen MR) is 144 cm³/mol. The van der Waals surface area contributed by atoms with Crippen molar-refractivity contribution >= 4 is 28.8 Å². The molecule has 0 N–H and O–H groups in total. The van der Waals surface area contributed by atoms with E-state index < -0.39 is 0 Å². The Hall–Kier alpha value is -3.89. The van der Waals surface area contributed by atoms with E-state index in [0.717, 1.165) is 38.3 Å². The van der Waals surface area contributed by atoms with Crippen molar-refractivity contribution in [3.8, 4) is 22.5 Å². The molecule has 0 amide bonds. The van der Waals surface area contributed by atoms with E-state index in [2.05, 4.69) is 116 Å². The summed E-state index contributed by atoms with van der Waals surface area (Å²) < 4.78 is 0. The zero-order valence-corrected chi connectivity index (χ0v) is 20.4. The highest BCUT2D eigenvalue weighted by Crippen LogP contribution is 2.52. The van der Waals surface area contributed by atoms with Crippen molar-refractivity contribution < 1.29 is 0 Å². The van der Waals surface area contributed by atoms with Gasteiger partial charge in [-0.2, -0.15) is 0 Å². The second kappa shape index (κ2) is 7.56. The Morgan fingerprint density at radius 2 is 1.26 bits per heavy atom. The lowest BCUT2D eigenvalue weighted by Gasteiger charge is -2.42. The molecule has 2 aliphatic rings. The molecule has 3 aromatic carbocycles. The summed E-state index contributed by atoms with van der Waals surface area (Å²) in [7, 11) is 0. The number of hydrogen-bond donors (Lipinski definition) is 0. The maximum absolute atomic E-state index is 5.00. The minimum absolute atomic E-state index is 0.120. The number of hydrogen-bond acceptors (Lipinski definition) is 4. The highest BCUT2D eigenvalue weighted by atomic mass is 32.2. The van der Waals surface area contributed by atoms with Crippen molar-refractivity contribution in [1.29, 1.82) is 0 Å². The Morgan fingerprint density at radius 1 is 0.600 bits per heavy atom. The van der Waals surface area contributed by atoms with E-state index in [0.29, 0.717) is 0 Å². The lowest BCUT2D eigenvalue weighted by atomic mass is 9.73. The Kier molecular flexibility index (Phi) is 4.42. The maximum Gasteiger partial charge on any atom is 0.103 e. The molecule has 0 aliphatic carbocycles. The molecule has 168 valence electrons. The molecule has 5 aromatic rings. The van der Waals surface area contributed by atoms with Crippen LogP contribution in [0.1, 0.15) is 25.0 Å². The summed E-state index contributed by atoms with van der Waals surface area (Å²) in [5.74, 6) is 0. The maximum atomic E-state index is 5.00. The van der Waals surface area contributed by atoms with Gasteiger partial charge in [-0.15, -0.1) is 0 Å². The summed E-state index contributed by atoms with van der Waals surface area (Å²) in [4.78, 5) is 12.4. The highest BCUT2D eigenvalue weighted by Gasteiger charge is 2.37. The van der Waals surface area contributed by atoms with Gasteiger partial charge in [0.15, 0.2) is 0 Å². The minimum Gasteiger partial charge on any atom is -0.310 e. The van der Waals surface area contributed by atoms with Crippen molar-refractivity contribution in [3.63, 3.8) is 0 Å². The van der Waals surface area contributed by atoms with Gasteiger partial charge < -0.3 is 4.90 Å². The fraction of sp³-hybridized carbons (Fsp3) is 0.0968. The minimum atomic E-state index is -0.120. The first-order valence-electron chi connectivity index (χ1n) is 11.8. The monoisotopic (exact) mass is 469 g/mol. The van der Waals surface area contributed by atoms with Gasteiger partial charge in [-0.25, -0.2) is 9.97 Å². The molecule has 0 spiro atoms. The van der Waals surface area contributed by atoms with Crippen molar-refractivity contribution in [2.24, 2.45) is 0 Å². The van der Waals surface area contributed by atoms with E-state index >= 15 is 0 Å². The second-order valence-electron chi connectivity index (χ2n) is 9.58. The number of benzene rings is 3. The van der Waals surface area contributed by atoms with Gasteiger partial charge in [0, 0.05) is 22.2 Å². The van der Waals surface area contributed by atoms with Crippen molar-refractivity contribution in [3.05, 3.63) is 114 Å². The van der Waals surface area contributed by atoms with E-state index in [1.165, 1.54) is 22.5 Å². The van der Waals surface area contributed by atoms with Crippen LogP contribution < -0.4 is 4.90 Å². The van der Waals surface area contributed by atoms with Crippen LogP contribution in [0.15, 0.2) is 113 Å². The van der Waals surface area contributed by atoms with Gasteiger partial charge in [0.2, 0.25) is 0 Å². The number of aromatic nitrogens is 2. The average molecular weight is 470 g/mol. The van der Waals surface area contributed by atoms with Crippen molar-refractivity contribution in [2.45, 2.75) is 29.3 Å². The molecule has 0 unspecified atom stereocenters. The van der Waals surface area contributed by atoms with Crippen LogP contribution in [0.25, 0.3) is 22.5 Å². The summed E-state index contributed by atoms with van der Waals surface area (Å²) in [6, 6.07) is 36.7. The zero-order valence-electron chi connectivity index (χ0n) is 19.6. The summed E-state index contributed by atoms with van der Waals surface area (Å²) >= 11 is 1.60. The van der Waals surface area contributed by atoms with Crippen LogP contribution in [0.5, 0.6) is 0 Å². The number of para-hydroxylation sites is 1. The van der Waals surface area contributed by atoms with Gasteiger partial charge in [-0.05, 0) is 59.7 Å². The Bertz CT molecular complexity index is 1620. The van der Waals surface area contributed by atoms with Crippen LogP contribution in [0.3, 0.4) is 0 Å². The van der Waals surface area contributed by atoms with Crippen LogP contribution in [0.4, 0.5) is 17.1 Å². The van der Waals surface area contributed by atoms with E-state index in [9.17, 15) is 0 Å². The van der Waals surface area contributed by atoms with E-state index in [1.807, 2.05) is 6.07 Å². The van der Waals surface area contributed by atoms with E-state index in [-0.39, 0.29) is 5.41 Å². The van der Waals surface area contributed by atoms with Gasteiger partial charge >= 0.3 is 0 Å². The number of pyridine rings is 2. The van der Waals surface area contributed by atoms with E-state index in [4.69, 9.17) is 9.97 Å². The van der Waals surface area contributed by atoms with Gasteiger partial charge in [0.05, 0.1) is 22.8 Å². The number of fused-ring (bicyclic) bond motifs is 12. The van der Waals surface area contributed by atoms with Crippen LogP contribution >= 0.6 is 11.8 Å². The Morgan fingerprint density at radius 3 is 2.03 bits per heavy atom. The number of rotatable bonds is 0. The molecule has 7 rings (SSSR count). The summed E-state index contributed by atoms with van der Waals surface area (Å²) in [6.45, 7) is 4.64. The summed E-state index contributed by atoms with van der Waals surface area (Å²) in [5.41, 5.74) is 10.2. The van der Waals surface area contributed by atoms with Gasteiger partial charge in [0.25, 0.3) is 0 Å². The lowest BCUT2D eigenvalue weighted by Crippen LogP contribution is -2.30. The first-order valence-corrected chi connectivity index (χ1v) is 12.7. The number of anilines is 3. The molecule has 2 aromatic heterocycles. The zero-order chi connectivity index (χ0) is 23.6. The molecule has 0 saturated carbocycles. The van der Waals surface area contributed by atoms with Crippen LogP contribution in [-0.4, -0.2) is 9.97 Å².